The van der Waals surface area contributed by atoms with Gasteiger partial charge in [-0.15, -0.1) is 11.3 Å². The van der Waals surface area contributed by atoms with Crippen molar-refractivity contribution in [3.8, 4) is 0 Å². The highest BCUT2D eigenvalue weighted by molar-refractivity contribution is 7.18. The third-order valence-corrected chi connectivity index (χ3v) is 4.58. The molecule has 0 fully saturated rings. The van der Waals surface area contributed by atoms with E-state index in [2.05, 4.69) is 15.3 Å². The van der Waals surface area contributed by atoms with E-state index in [0.717, 1.165) is 16.9 Å². The molecule has 2 heterocycles. The molecule has 6 nitrogen and oxygen atoms in total. The van der Waals surface area contributed by atoms with E-state index in [-0.39, 0.29) is 12.1 Å². The molecule has 0 radical (unpaired) electrons. The molecule has 1 unspecified atom stereocenters. The molecule has 2 rings (SSSR count). The number of fused-ring (bicyclic) bond motifs is 1. The van der Waals surface area contributed by atoms with Crippen LogP contribution < -0.4 is 10.9 Å². The molecule has 2 aromatic rings. The Bertz CT molecular complexity index is 720. The van der Waals surface area contributed by atoms with Crippen molar-refractivity contribution >= 4 is 27.5 Å². The summed E-state index contributed by atoms with van der Waals surface area (Å²) in [5.74, 6) is -0.417. The minimum atomic E-state index is -0.886. The number of thiophene rings is 1. The summed E-state index contributed by atoms with van der Waals surface area (Å²) in [7, 11) is 0. The van der Waals surface area contributed by atoms with Gasteiger partial charge in [0.25, 0.3) is 5.56 Å². The first-order valence-electron chi connectivity index (χ1n) is 6.89. The SMILES string of the molecule is CCCC(NCc1nc2sc(C)c(C)c2c(=O)[nH]1)C(=O)O. The normalized spacial score (nSPS) is 12.7. The second-order valence-electron chi connectivity index (χ2n) is 5.04. The number of aromatic nitrogens is 2. The predicted octanol–water partition coefficient (Wildman–Crippen LogP) is 1.94. The lowest BCUT2D eigenvalue weighted by Gasteiger charge is -2.12. The largest absolute Gasteiger partial charge is 0.480 e. The van der Waals surface area contributed by atoms with Gasteiger partial charge in [0.1, 0.15) is 16.7 Å². The molecule has 0 aromatic carbocycles. The van der Waals surface area contributed by atoms with E-state index < -0.39 is 12.0 Å². The molecule has 114 valence electrons. The van der Waals surface area contributed by atoms with Crippen LogP contribution in [0.3, 0.4) is 0 Å². The van der Waals surface area contributed by atoms with Crippen LogP contribution in [-0.4, -0.2) is 27.1 Å². The summed E-state index contributed by atoms with van der Waals surface area (Å²) in [5, 5.41) is 12.6. The van der Waals surface area contributed by atoms with Crippen molar-refractivity contribution in [1.29, 1.82) is 0 Å². The van der Waals surface area contributed by atoms with Crippen LogP contribution in [0.4, 0.5) is 0 Å². The van der Waals surface area contributed by atoms with E-state index in [0.29, 0.717) is 22.5 Å². The number of carbonyl (C=O) groups is 1. The first-order chi connectivity index (χ1) is 9.93. The highest BCUT2D eigenvalue weighted by Crippen LogP contribution is 2.25. The van der Waals surface area contributed by atoms with Crippen molar-refractivity contribution in [2.24, 2.45) is 0 Å². The lowest BCUT2D eigenvalue weighted by molar-refractivity contribution is -0.139. The van der Waals surface area contributed by atoms with Gasteiger partial charge in [-0.1, -0.05) is 13.3 Å². The van der Waals surface area contributed by atoms with Crippen LogP contribution in [0.1, 0.15) is 36.0 Å². The predicted molar refractivity (Wildman–Crippen MR) is 82.9 cm³/mol. The number of hydrogen-bond acceptors (Lipinski definition) is 5. The molecule has 7 heteroatoms. The highest BCUT2D eigenvalue weighted by Gasteiger charge is 2.17. The van der Waals surface area contributed by atoms with Gasteiger partial charge in [-0.25, -0.2) is 4.98 Å². The molecule has 21 heavy (non-hydrogen) atoms. The number of nitrogens with zero attached hydrogens (tertiary/aromatic N) is 1. The van der Waals surface area contributed by atoms with E-state index >= 15 is 0 Å². The Hall–Kier alpha value is -1.73. The molecule has 0 saturated heterocycles. The fourth-order valence-electron chi connectivity index (χ4n) is 2.20. The summed E-state index contributed by atoms with van der Waals surface area (Å²) in [4.78, 5) is 32.1. The van der Waals surface area contributed by atoms with Crippen LogP contribution in [0, 0.1) is 13.8 Å². The fourth-order valence-corrected chi connectivity index (χ4v) is 3.25. The highest BCUT2D eigenvalue weighted by atomic mass is 32.1. The van der Waals surface area contributed by atoms with Gasteiger partial charge in [0.15, 0.2) is 0 Å². The van der Waals surface area contributed by atoms with Gasteiger partial charge < -0.3 is 10.1 Å². The van der Waals surface area contributed by atoms with Crippen LogP contribution in [0.25, 0.3) is 10.2 Å². The van der Waals surface area contributed by atoms with Crippen molar-refractivity contribution in [1.82, 2.24) is 15.3 Å². The zero-order chi connectivity index (χ0) is 15.6. The Morgan fingerprint density at radius 1 is 1.48 bits per heavy atom. The first-order valence-corrected chi connectivity index (χ1v) is 7.70. The monoisotopic (exact) mass is 309 g/mol. The third-order valence-electron chi connectivity index (χ3n) is 3.48. The van der Waals surface area contributed by atoms with Crippen LogP contribution in [-0.2, 0) is 11.3 Å². The lowest BCUT2D eigenvalue weighted by Crippen LogP contribution is -2.36. The Balaban J connectivity index is 2.23. The van der Waals surface area contributed by atoms with Gasteiger partial charge >= 0.3 is 5.97 Å². The van der Waals surface area contributed by atoms with Crippen LogP contribution in [0.5, 0.6) is 0 Å². The van der Waals surface area contributed by atoms with E-state index in [4.69, 9.17) is 5.11 Å². The maximum absolute atomic E-state index is 12.1. The summed E-state index contributed by atoms with van der Waals surface area (Å²) in [6.45, 7) is 6.03. The summed E-state index contributed by atoms with van der Waals surface area (Å²) < 4.78 is 0. The molecule has 0 aliphatic carbocycles. The fraction of sp³-hybridized carbons (Fsp3) is 0.500. The second-order valence-corrected chi connectivity index (χ2v) is 6.24. The van der Waals surface area contributed by atoms with Crippen molar-refractivity contribution in [2.75, 3.05) is 0 Å². The molecule has 0 bridgehead atoms. The lowest BCUT2D eigenvalue weighted by atomic mass is 10.1. The number of carboxylic acid groups (broad SMARTS) is 1. The smallest absolute Gasteiger partial charge is 0.320 e. The van der Waals surface area contributed by atoms with Crippen molar-refractivity contribution in [3.05, 3.63) is 26.6 Å². The molecule has 0 saturated carbocycles. The third kappa shape index (κ3) is 3.30. The van der Waals surface area contributed by atoms with E-state index in [9.17, 15) is 9.59 Å². The Kier molecular flexibility index (Phi) is 4.74. The number of aliphatic carboxylic acids is 1. The first kappa shape index (κ1) is 15.7. The van der Waals surface area contributed by atoms with Crippen LogP contribution in [0.15, 0.2) is 4.79 Å². The number of carboxylic acids is 1. The molecule has 3 N–H and O–H groups in total. The van der Waals surface area contributed by atoms with Gasteiger partial charge in [-0.05, 0) is 25.8 Å². The average molecular weight is 309 g/mol. The summed E-state index contributed by atoms with van der Waals surface area (Å²) >= 11 is 1.48. The Morgan fingerprint density at radius 2 is 2.19 bits per heavy atom. The second kappa shape index (κ2) is 6.36. The van der Waals surface area contributed by atoms with E-state index in [1.807, 2.05) is 20.8 Å². The average Bonchev–Trinajstić information content (AvgIpc) is 2.70. The van der Waals surface area contributed by atoms with Crippen molar-refractivity contribution in [3.63, 3.8) is 0 Å². The molecule has 0 aliphatic heterocycles. The Morgan fingerprint density at radius 3 is 2.81 bits per heavy atom. The van der Waals surface area contributed by atoms with Gasteiger partial charge in [0.2, 0.25) is 0 Å². The van der Waals surface area contributed by atoms with Crippen molar-refractivity contribution < 1.29 is 9.90 Å². The zero-order valence-electron chi connectivity index (χ0n) is 12.3. The number of hydrogen-bond donors (Lipinski definition) is 3. The zero-order valence-corrected chi connectivity index (χ0v) is 13.1. The summed E-state index contributed by atoms with van der Waals surface area (Å²) in [6, 6.07) is -0.622. The molecule has 0 amide bonds. The number of aryl methyl sites for hydroxylation is 2. The van der Waals surface area contributed by atoms with Crippen molar-refractivity contribution in [2.45, 2.75) is 46.2 Å². The standard InChI is InChI=1S/C14H19N3O3S/c1-4-5-9(14(19)20)15-6-10-16-12(18)11-7(2)8(3)21-13(11)17-10/h9,15H,4-6H2,1-3H3,(H,19,20)(H,16,17,18). The Labute approximate surface area is 126 Å². The van der Waals surface area contributed by atoms with Gasteiger partial charge in [0, 0.05) is 4.88 Å². The number of rotatable bonds is 6. The molecule has 0 aliphatic rings. The maximum atomic E-state index is 12.1. The molecule has 2 aromatic heterocycles. The topological polar surface area (TPSA) is 95.1 Å². The molecular formula is C14H19N3O3S. The minimum Gasteiger partial charge on any atom is -0.480 e. The number of nitrogens with one attached hydrogen (secondary N) is 2. The maximum Gasteiger partial charge on any atom is 0.320 e. The van der Waals surface area contributed by atoms with E-state index in [1.165, 1.54) is 11.3 Å². The van der Waals surface area contributed by atoms with Gasteiger partial charge in [-0.2, -0.15) is 0 Å². The van der Waals surface area contributed by atoms with Gasteiger partial charge in [0.05, 0.1) is 11.9 Å². The minimum absolute atomic E-state index is 0.166. The van der Waals surface area contributed by atoms with Gasteiger partial charge in [-0.3, -0.25) is 14.9 Å². The van der Waals surface area contributed by atoms with Crippen LogP contribution >= 0.6 is 11.3 Å². The number of aromatic amines is 1. The quantitative estimate of drug-likeness (QED) is 0.758. The molecule has 1 atom stereocenters. The van der Waals surface area contributed by atoms with E-state index in [1.54, 1.807) is 0 Å². The summed E-state index contributed by atoms with van der Waals surface area (Å²) in [5.41, 5.74) is 0.790. The summed E-state index contributed by atoms with van der Waals surface area (Å²) in [6.07, 6.45) is 1.31. The molecular weight excluding hydrogens is 290 g/mol. The van der Waals surface area contributed by atoms with Crippen LogP contribution in [0.2, 0.25) is 0 Å². The number of H-pyrrole nitrogens is 1. The molecule has 0 spiro atoms.